The number of hydrogen-bond donors (Lipinski definition) is 0. The highest BCUT2D eigenvalue weighted by atomic mass is 16.5. The van der Waals surface area contributed by atoms with Crippen LogP contribution in [0.15, 0.2) is 40.1 Å². The number of nitrogens with zero attached hydrogens (tertiary/aromatic N) is 1. The van der Waals surface area contributed by atoms with Crippen LogP contribution in [-0.2, 0) is 9.53 Å². The van der Waals surface area contributed by atoms with Crippen LogP contribution in [0.4, 0.5) is 0 Å². The van der Waals surface area contributed by atoms with Crippen LogP contribution in [0.25, 0.3) is 0 Å². The van der Waals surface area contributed by atoms with Crippen LogP contribution < -0.4 is 0 Å². The maximum absolute atomic E-state index is 11.2. The van der Waals surface area contributed by atoms with Gasteiger partial charge in [-0.25, -0.2) is 9.79 Å². The van der Waals surface area contributed by atoms with E-state index in [1.165, 1.54) is 23.6 Å². The molecule has 0 spiro atoms. The van der Waals surface area contributed by atoms with Gasteiger partial charge in [-0.05, 0) is 50.3 Å². The largest absolute Gasteiger partial charge is 0.463 e. The van der Waals surface area contributed by atoms with Crippen molar-refractivity contribution in [2.45, 2.75) is 33.1 Å². The smallest absolute Gasteiger partial charge is 0.330 e. The lowest BCUT2D eigenvalue weighted by Crippen LogP contribution is -2.01. The minimum absolute atomic E-state index is 0.302. The van der Waals surface area contributed by atoms with Crippen molar-refractivity contribution >= 4 is 11.7 Å². The van der Waals surface area contributed by atoms with Crippen molar-refractivity contribution in [1.82, 2.24) is 0 Å². The molecule has 1 aliphatic carbocycles. The zero-order valence-electron chi connectivity index (χ0n) is 10.3. The summed E-state index contributed by atoms with van der Waals surface area (Å²) >= 11 is 0. The van der Waals surface area contributed by atoms with Crippen molar-refractivity contribution in [2.24, 2.45) is 4.99 Å². The van der Waals surface area contributed by atoms with E-state index in [2.05, 4.69) is 4.99 Å². The summed E-state index contributed by atoms with van der Waals surface area (Å²) in [5.74, 6) is -0.302. The maximum atomic E-state index is 11.2. The molecule has 0 saturated carbocycles. The summed E-state index contributed by atoms with van der Waals surface area (Å²) in [5.41, 5.74) is 4.66. The average molecular weight is 231 g/mol. The molecule has 0 fully saturated rings. The summed E-state index contributed by atoms with van der Waals surface area (Å²) in [6.45, 7) is 4.21. The molecule has 1 heterocycles. The Morgan fingerprint density at radius 1 is 1.41 bits per heavy atom. The molecule has 0 N–H and O–H groups in total. The first-order valence-corrected chi connectivity index (χ1v) is 6.09. The van der Waals surface area contributed by atoms with Crippen LogP contribution in [0.2, 0.25) is 0 Å². The Morgan fingerprint density at radius 2 is 2.18 bits per heavy atom. The molecular weight excluding hydrogens is 214 g/mol. The molecule has 0 atom stereocenters. The van der Waals surface area contributed by atoms with Gasteiger partial charge in [0, 0.05) is 6.08 Å². The number of carbonyl (C=O) groups excluding carboxylic acids is 1. The van der Waals surface area contributed by atoms with Gasteiger partial charge in [0.05, 0.1) is 18.0 Å². The summed E-state index contributed by atoms with van der Waals surface area (Å²) in [6.07, 6.45) is 8.63. The number of rotatable bonds is 3. The van der Waals surface area contributed by atoms with Gasteiger partial charge in [0.1, 0.15) is 0 Å². The third kappa shape index (κ3) is 2.38. The van der Waals surface area contributed by atoms with E-state index >= 15 is 0 Å². The molecule has 0 unspecified atom stereocenters. The number of hydrogen-bond acceptors (Lipinski definition) is 3. The van der Waals surface area contributed by atoms with Gasteiger partial charge in [0.2, 0.25) is 0 Å². The molecule has 0 amide bonds. The van der Waals surface area contributed by atoms with Gasteiger partial charge in [0.15, 0.2) is 0 Å². The van der Waals surface area contributed by atoms with E-state index < -0.39 is 0 Å². The Hall–Kier alpha value is -1.64. The number of carbonyl (C=O) groups is 1. The molecule has 0 radical (unpaired) electrons. The third-order valence-corrected chi connectivity index (χ3v) is 3.01. The lowest BCUT2D eigenvalue weighted by Gasteiger charge is -1.98. The zero-order valence-corrected chi connectivity index (χ0v) is 10.3. The fourth-order valence-corrected chi connectivity index (χ4v) is 2.29. The topological polar surface area (TPSA) is 38.7 Å². The van der Waals surface area contributed by atoms with Gasteiger partial charge in [-0.1, -0.05) is 6.08 Å². The second-order valence-corrected chi connectivity index (χ2v) is 4.07. The van der Waals surface area contributed by atoms with Gasteiger partial charge >= 0.3 is 5.97 Å². The molecule has 3 heteroatoms. The quantitative estimate of drug-likeness (QED) is 0.553. The first-order chi connectivity index (χ1) is 8.26. The molecule has 90 valence electrons. The number of esters is 1. The van der Waals surface area contributed by atoms with Crippen LogP contribution in [0.1, 0.15) is 33.1 Å². The highest BCUT2D eigenvalue weighted by molar-refractivity contribution is 6.14. The molecular formula is C14H17NO2. The van der Waals surface area contributed by atoms with Gasteiger partial charge < -0.3 is 4.74 Å². The van der Waals surface area contributed by atoms with Crippen LogP contribution >= 0.6 is 0 Å². The molecule has 0 aromatic heterocycles. The predicted molar refractivity (Wildman–Crippen MR) is 67.8 cm³/mol. The van der Waals surface area contributed by atoms with Gasteiger partial charge in [-0.3, -0.25) is 0 Å². The lowest BCUT2D eigenvalue weighted by molar-refractivity contribution is -0.137. The van der Waals surface area contributed by atoms with Crippen molar-refractivity contribution in [3.63, 3.8) is 0 Å². The summed E-state index contributed by atoms with van der Waals surface area (Å²) in [7, 11) is 0. The molecule has 0 aromatic rings. The molecule has 0 saturated heterocycles. The number of aliphatic imine (C=N–C) groups is 1. The molecule has 1 aliphatic heterocycles. The summed E-state index contributed by atoms with van der Waals surface area (Å²) in [5, 5.41) is 0. The molecule has 0 bridgehead atoms. The monoisotopic (exact) mass is 231 g/mol. The molecule has 0 aromatic carbocycles. The van der Waals surface area contributed by atoms with Crippen molar-refractivity contribution in [2.75, 3.05) is 6.61 Å². The second kappa shape index (κ2) is 5.13. The lowest BCUT2D eigenvalue weighted by atomic mass is 10.1. The minimum atomic E-state index is -0.302. The van der Waals surface area contributed by atoms with E-state index in [0.717, 1.165) is 24.3 Å². The Kier molecular flexibility index (Phi) is 3.57. The highest BCUT2D eigenvalue weighted by Crippen LogP contribution is 2.37. The minimum Gasteiger partial charge on any atom is -0.463 e. The normalized spacial score (nSPS) is 21.3. The van der Waals surface area contributed by atoms with Gasteiger partial charge in [-0.2, -0.15) is 0 Å². The standard InChI is InChI=1S/C14H17NO2/c1-3-12-10-6-5-7-11(10)13(15-12)8-9-14(16)17-4-2/h3,8-9H,4-7H2,1-2H3/b9-8+,12-3+. The fourth-order valence-electron chi connectivity index (χ4n) is 2.29. The molecule has 17 heavy (non-hydrogen) atoms. The SMILES string of the molecule is C/C=C1N=C(/C=C/C(=O)OCC)C2=C/1CCC2. The maximum Gasteiger partial charge on any atom is 0.330 e. The Balaban J connectivity index is 2.15. The van der Waals surface area contributed by atoms with E-state index in [4.69, 9.17) is 4.74 Å². The first-order valence-electron chi connectivity index (χ1n) is 6.09. The van der Waals surface area contributed by atoms with Crippen LogP contribution in [0, 0.1) is 0 Å². The Labute approximate surface area is 102 Å². The summed E-state index contributed by atoms with van der Waals surface area (Å²) in [6, 6.07) is 0. The average Bonchev–Trinajstić information content (AvgIpc) is 2.88. The van der Waals surface area contributed by atoms with E-state index in [-0.39, 0.29) is 5.97 Å². The van der Waals surface area contributed by atoms with E-state index in [9.17, 15) is 4.79 Å². The highest BCUT2D eigenvalue weighted by Gasteiger charge is 2.25. The van der Waals surface area contributed by atoms with Crippen molar-refractivity contribution in [3.8, 4) is 0 Å². The van der Waals surface area contributed by atoms with Crippen molar-refractivity contribution in [1.29, 1.82) is 0 Å². The number of allylic oxidation sites excluding steroid dienone is 4. The van der Waals surface area contributed by atoms with Crippen LogP contribution in [0.3, 0.4) is 0 Å². The summed E-state index contributed by atoms with van der Waals surface area (Å²) < 4.78 is 4.85. The van der Waals surface area contributed by atoms with Crippen LogP contribution in [-0.4, -0.2) is 18.3 Å². The van der Waals surface area contributed by atoms with Crippen molar-refractivity contribution < 1.29 is 9.53 Å². The fraction of sp³-hybridized carbons (Fsp3) is 0.429. The zero-order chi connectivity index (χ0) is 12.3. The second-order valence-electron chi connectivity index (χ2n) is 4.07. The predicted octanol–water partition coefficient (Wildman–Crippen LogP) is 2.94. The first kappa shape index (κ1) is 11.8. The summed E-state index contributed by atoms with van der Waals surface area (Å²) in [4.78, 5) is 15.8. The van der Waals surface area contributed by atoms with E-state index in [1.807, 2.05) is 13.0 Å². The molecule has 2 aliphatic rings. The van der Waals surface area contributed by atoms with E-state index in [1.54, 1.807) is 13.0 Å². The van der Waals surface area contributed by atoms with Crippen molar-refractivity contribution in [3.05, 3.63) is 35.1 Å². The Bertz CT molecular complexity index is 453. The third-order valence-electron chi connectivity index (χ3n) is 3.01. The molecule has 3 nitrogen and oxygen atoms in total. The number of ether oxygens (including phenoxy) is 1. The molecule has 2 rings (SSSR count). The van der Waals surface area contributed by atoms with Gasteiger partial charge in [0.25, 0.3) is 0 Å². The van der Waals surface area contributed by atoms with E-state index in [0.29, 0.717) is 6.61 Å². The van der Waals surface area contributed by atoms with Gasteiger partial charge in [-0.15, -0.1) is 0 Å². The van der Waals surface area contributed by atoms with Crippen LogP contribution in [0.5, 0.6) is 0 Å². The Morgan fingerprint density at radius 3 is 2.88 bits per heavy atom.